The number of carbonyl (C=O) groups is 1. The molecule has 0 bridgehead atoms. The van der Waals surface area contributed by atoms with Gasteiger partial charge in [0.2, 0.25) is 0 Å². The molecule has 0 saturated carbocycles. The lowest BCUT2D eigenvalue weighted by Crippen LogP contribution is -2.30. The van der Waals surface area contributed by atoms with E-state index in [1.54, 1.807) is 26.0 Å². The van der Waals surface area contributed by atoms with Crippen LogP contribution in [-0.4, -0.2) is 39.0 Å². The van der Waals surface area contributed by atoms with E-state index in [4.69, 9.17) is 0 Å². The number of hydrogen-bond acceptors (Lipinski definition) is 3. The van der Waals surface area contributed by atoms with Crippen LogP contribution >= 0.6 is 0 Å². The Morgan fingerprint density at radius 3 is 2.25 bits per heavy atom. The Labute approximate surface area is 162 Å². The molecule has 0 aliphatic rings. The lowest BCUT2D eigenvalue weighted by molar-refractivity contribution is -0.136. The van der Waals surface area contributed by atoms with Crippen molar-refractivity contribution in [3.05, 3.63) is 59.2 Å². The Morgan fingerprint density at radius 1 is 1.07 bits per heavy atom. The molecule has 0 spiro atoms. The maximum absolute atomic E-state index is 12.6. The Kier molecular flexibility index (Phi) is 6.38. The number of hydrogen-bond donors (Lipinski definition) is 1. The van der Waals surface area contributed by atoms with E-state index in [0.717, 1.165) is 10.5 Å². The Bertz CT molecular complexity index is 955. The highest BCUT2D eigenvalue weighted by molar-refractivity contribution is 7.92. The van der Waals surface area contributed by atoms with Crippen LogP contribution in [-0.2, 0) is 10.0 Å². The number of alkyl halides is 3. The quantitative estimate of drug-likeness (QED) is 0.773. The molecule has 0 atom stereocenters. The summed E-state index contributed by atoms with van der Waals surface area (Å²) >= 11 is 0. The molecule has 0 radical (unpaired) electrons. The second-order valence-corrected chi connectivity index (χ2v) is 8.19. The first-order chi connectivity index (χ1) is 12.9. The summed E-state index contributed by atoms with van der Waals surface area (Å²) in [6.45, 7) is 3.02. The molecule has 2 rings (SSSR count). The van der Waals surface area contributed by atoms with Gasteiger partial charge in [-0.1, -0.05) is 12.1 Å². The summed E-state index contributed by atoms with van der Waals surface area (Å²) in [6.07, 6.45) is -5.44. The van der Waals surface area contributed by atoms with Crippen molar-refractivity contribution in [3.8, 4) is 0 Å². The highest BCUT2D eigenvalue weighted by Gasteiger charge is 2.28. The van der Waals surface area contributed by atoms with Crippen LogP contribution in [0.3, 0.4) is 0 Å². The minimum Gasteiger partial charge on any atom is -0.341 e. The third-order valence-electron chi connectivity index (χ3n) is 4.09. The Morgan fingerprint density at radius 2 is 1.68 bits per heavy atom. The van der Waals surface area contributed by atoms with Gasteiger partial charge in [0.15, 0.2) is 0 Å². The van der Waals surface area contributed by atoms with Gasteiger partial charge in [0.25, 0.3) is 15.9 Å². The Hall–Kier alpha value is -2.55. The van der Waals surface area contributed by atoms with Crippen molar-refractivity contribution in [1.82, 2.24) is 4.90 Å². The van der Waals surface area contributed by atoms with E-state index in [0.29, 0.717) is 5.56 Å². The highest BCUT2D eigenvalue weighted by atomic mass is 32.2. The van der Waals surface area contributed by atoms with Crippen LogP contribution in [0, 0.1) is 13.8 Å². The molecule has 2 aromatic rings. The van der Waals surface area contributed by atoms with Crippen LogP contribution in [0.2, 0.25) is 0 Å². The largest absolute Gasteiger partial charge is 0.390 e. The van der Waals surface area contributed by atoms with Gasteiger partial charge < -0.3 is 4.90 Å². The summed E-state index contributed by atoms with van der Waals surface area (Å²) in [6, 6.07) is 10.6. The maximum Gasteiger partial charge on any atom is 0.390 e. The molecule has 2 aromatic carbocycles. The van der Waals surface area contributed by atoms with E-state index in [-0.39, 0.29) is 16.1 Å². The molecule has 0 heterocycles. The number of halogens is 3. The van der Waals surface area contributed by atoms with Gasteiger partial charge in [-0.05, 0) is 55.3 Å². The van der Waals surface area contributed by atoms with Crippen molar-refractivity contribution in [2.75, 3.05) is 18.3 Å². The third kappa shape index (κ3) is 5.72. The number of rotatable bonds is 6. The second-order valence-electron chi connectivity index (χ2n) is 6.54. The average Bonchev–Trinajstić information content (AvgIpc) is 2.60. The smallest absolute Gasteiger partial charge is 0.341 e. The predicted octanol–water partition coefficient (Wildman–Crippen LogP) is 4.13. The molecular formula is C19H21F3N2O3S. The standard InChI is InChI=1S/C19H21F3N2O3S/c1-13-4-5-14(2)17(12-13)28(26,27)23-16-8-6-15(7-9-16)18(25)24(3)11-10-19(20,21)22/h4-9,12,23H,10-11H2,1-3H3. The molecule has 0 aliphatic heterocycles. The van der Waals surface area contributed by atoms with Gasteiger partial charge in [0.05, 0.1) is 11.3 Å². The molecule has 0 fully saturated rings. The highest BCUT2D eigenvalue weighted by Crippen LogP contribution is 2.22. The fraction of sp³-hybridized carbons (Fsp3) is 0.316. The summed E-state index contributed by atoms with van der Waals surface area (Å²) in [5.41, 5.74) is 1.81. The van der Waals surface area contributed by atoms with Crippen LogP contribution in [0.25, 0.3) is 0 Å². The summed E-state index contributed by atoms with van der Waals surface area (Å²) in [5.74, 6) is -0.576. The molecule has 0 aliphatic carbocycles. The lowest BCUT2D eigenvalue weighted by atomic mass is 10.2. The van der Waals surface area contributed by atoms with Gasteiger partial charge in [-0.3, -0.25) is 9.52 Å². The molecule has 5 nitrogen and oxygen atoms in total. The van der Waals surface area contributed by atoms with Gasteiger partial charge in [-0.15, -0.1) is 0 Å². The fourth-order valence-corrected chi connectivity index (χ4v) is 3.89. The number of nitrogens with one attached hydrogen (secondary N) is 1. The topological polar surface area (TPSA) is 66.5 Å². The van der Waals surface area contributed by atoms with Crippen LogP contribution in [0.15, 0.2) is 47.4 Å². The molecule has 1 N–H and O–H groups in total. The first-order valence-electron chi connectivity index (χ1n) is 8.41. The van der Waals surface area contributed by atoms with Gasteiger partial charge in [-0.25, -0.2) is 8.42 Å². The molecule has 28 heavy (non-hydrogen) atoms. The summed E-state index contributed by atoms with van der Waals surface area (Å²) in [5, 5.41) is 0. The first-order valence-corrected chi connectivity index (χ1v) is 9.90. The van der Waals surface area contributed by atoms with Crippen molar-refractivity contribution in [2.45, 2.75) is 31.3 Å². The van der Waals surface area contributed by atoms with E-state index in [2.05, 4.69) is 4.72 Å². The number of benzene rings is 2. The monoisotopic (exact) mass is 414 g/mol. The van der Waals surface area contributed by atoms with Crippen molar-refractivity contribution in [2.24, 2.45) is 0 Å². The number of nitrogens with zero attached hydrogens (tertiary/aromatic N) is 1. The summed E-state index contributed by atoms with van der Waals surface area (Å²) in [4.78, 5) is 13.3. The van der Waals surface area contributed by atoms with E-state index >= 15 is 0 Å². The molecular weight excluding hydrogens is 393 g/mol. The minimum absolute atomic E-state index is 0.152. The zero-order valence-electron chi connectivity index (χ0n) is 15.7. The SMILES string of the molecule is Cc1ccc(C)c(S(=O)(=O)Nc2ccc(C(=O)N(C)CCC(F)(F)F)cc2)c1. The van der Waals surface area contributed by atoms with Crippen molar-refractivity contribution < 1.29 is 26.4 Å². The Balaban J connectivity index is 2.12. The van der Waals surface area contributed by atoms with Crippen LogP contribution < -0.4 is 4.72 Å². The summed E-state index contributed by atoms with van der Waals surface area (Å²) < 4.78 is 64.5. The van der Waals surface area contributed by atoms with Crippen molar-refractivity contribution in [3.63, 3.8) is 0 Å². The minimum atomic E-state index is -4.34. The lowest BCUT2D eigenvalue weighted by Gasteiger charge is -2.18. The van der Waals surface area contributed by atoms with E-state index in [1.807, 2.05) is 6.07 Å². The predicted molar refractivity (Wildman–Crippen MR) is 101 cm³/mol. The van der Waals surface area contributed by atoms with Gasteiger partial charge >= 0.3 is 6.18 Å². The zero-order valence-corrected chi connectivity index (χ0v) is 16.5. The number of carbonyl (C=O) groups excluding carboxylic acids is 1. The second kappa shape index (κ2) is 8.22. The van der Waals surface area contributed by atoms with Crippen LogP contribution in [0.5, 0.6) is 0 Å². The van der Waals surface area contributed by atoms with E-state index in [9.17, 15) is 26.4 Å². The summed E-state index contributed by atoms with van der Waals surface area (Å²) in [7, 11) is -2.53. The van der Waals surface area contributed by atoms with Crippen molar-refractivity contribution in [1.29, 1.82) is 0 Å². The van der Waals surface area contributed by atoms with Gasteiger partial charge in [0, 0.05) is 24.8 Å². The third-order valence-corrected chi connectivity index (χ3v) is 5.62. The van der Waals surface area contributed by atoms with Gasteiger partial charge in [0.1, 0.15) is 0 Å². The van der Waals surface area contributed by atoms with Gasteiger partial charge in [-0.2, -0.15) is 13.2 Å². The van der Waals surface area contributed by atoms with E-state index in [1.165, 1.54) is 31.3 Å². The van der Waals surface area contributed by atoms with Crippen LogP contribution in [0.4, 0.5) is 18.9 Å². The molecule has 0 unspecified atom stereocenters. The molecule has 0 saturated heterocycles. The number of aryl methyl sites for hydroxylation is 2. The average molecular weight is 414 g/mol. The molecule has 1 amide bonds. The van der Waals surface area contributed by atoms with E-state index < -0.39 is 35.1 Å². The number of amides is 1. The van der Waals surface area contributed by atoms with Crippen molar-refractivity contribution >= 4 is 21.6 Å². The molecule has 152 valence electrons. The maximum atomic E-state index is 12.6. The fourth-order valence-electron chi connectivity index (χ4n) is 2.50. The zero-order chi connectivity index (χ0) is 21.1. The number of anilines is 1. The molecule has 0 aromatic heterocycles. The molecule has 9 heteroatoms. The van der Waals surface area contributed by atoms with Crippen LogP contribution in [0.1, 0.15) is 27.9 Å². The first kappa shape index (κ1) is 21.7. The normalized spacial score (nSPS) is 11.9. The number of sulfonamides is 1.